The van der Waals surface area contributed by atoms with Crippen LogP contribution in [0.4, 0.5) is 0 Å². The molecule has 0 bridgehead atoms. The maximum absolute atomic E-state index is 12.6. The quantitative estimate of drug-likeness (QED) is 0.387. The van der Waals surface area contributed by atoms with E-state index in [-0.39, 0.29) is 17.6 Å². The standard InChI is InChI=1S/C28H35N5O4S/c1-17(2)32-15-18-10-23(19(13-29)14-30-20-6-8-31(9-7-20)38-21-4-5-21)27(37-3)11-22(18)25-12-26(34)24(28(35)36)16-33(25)32/h10-14,16-17,20-21H,4-9,15,29H2,1-3H3,(H,35,36). The third kappa shape index (κ3) is 5.33. The minimum Gasteiger partial charge on any atom is -0.496 e. The fourth-order valence-electron chi connectivity index (χ4n) is 5.04. The highest BCUT2D eigenvalue weighted by Crippen LogP contribution is 2.39. The van der Waals surface area contributed by atoms with Gasteiger partial charge in [0.15, 0.2) is 5.43 Å². The number of methoxy groups -OCH3 is 1. The molecule has 1 aromatic heterocycles. The number of ether oxygens (including phenoxy) is 1. The third-order valence-electron chi connectivity index (χ3n) is 7.33. The molecule has 1 aromatic carbocycles. The smallest absolute Gasteiger partial charge is 0.341 e. The molecule has 1 saturated carbocycles. The Labute approximate surface area is 227 Å². The van der Waals surface area contributed by atoms with Crippen LogP contribution >= 0.6 is 11.9 Å². The number of benzene rings is 1. The second-order valence-corrected chi connectivity index (χ2v) is 11.7. The normalized spacial score (nSPS) is 18.6. The Morgan fingerprint density at radius 1 is 1.18 bits per heavy atom. The van der Waals surface area contributed by atoms with Crippen LogP contribution in [-0.4, -0.2) is 63.8 Å². The molecule has 38 heavy (non-hydrogen) atoms. The molecule has 2 fully saturated rings. The highest BCUT2D eigenvalue weighted by molar-refractivity contribution is 7.97. The monoisotopic (exact) mass is 537 g/mol. The molecule has 9 nitrogen and oxygen atoms in total. The average Bonchev–Trinajstić information content (AvgIpc) is 3.72. The van der Waals surface area contributed by atoms with Crippen molar-refractivity contribution in [3.8, 4) is 17.0 Å². The van der Waals surface area contributed by atoms with Crippen molar-refractivity contribution in [2.45, 2.75) is 63.4 Å². The van der Waals surface area contributed by atoms with Crippen LogP contribution in [0.15, 0.2) is 40.4 Å². The van der Waals surface area contributed by atoms with Gasteiger partial charge < -0.3 is 20.6 Å². The predicted molar refractivity (Wildman–Crippen MR) is 153 cm³/mol. The van der Waals surface area contributed by atoms with Gasteiger partial charge in [-0.25, -0.2) is 4.79 Å². The summed E-state index contributed by atoms with van der Waals surface area (Å²) in [4.78, 5) is 29.1. The molecule has 1 aliphatic carbocycles. The van der Waals surface area contributed by atoms with E-state index in [0.29, 0.717) is 18.0 Å². The summed E-state index contributed by atoms with van der Waals surface area (Å²) < 4.78 is 10.0. The third-order valence-corrected chi connectivity index (χ3v) is 8.76. The van der Waals surface area contributed by atoms with Gasteiger partial charge in [-0.1, -0.05) is 11.9 Å². The zero-order valence-corrected chi connectivity index (χ0v) is 22.9. The Morgan fingerprint density at radius 3 is 2.53 bits per heavy atom. The highest BCUT2D eigenvalue weighted by atomic mass is 32.2. The number of allylic oxidation sites excluding steroid dienone is 1. The predicted octanol–water partition coefficient (Wildman–Crippen LogP) is 3.73. The zero-order valence-electron chi connectivity index (χ0n) is 22.1. The maximum Gasteiger partial charge on any atom is 0.341 e. The van der Waals surface area contributed by atoms with Crippen LogP contribution in [0.5, 0.6) is 5.75 Å². The summed E-state index contributed by atoms with van der Waals surface area (Å²) in [6, 6.07) is 5.67. The lowest BCUT2D eigenvalue weighted by atomic mass is 9.94. The first-order chi connectivity index (χ1) is 18.3. The summed E-state index contributed by atoms with van der Waals surface area (Å²) in [6.45, 7) is 6.71. The van der Waals surface area contributed by atoms with Gasteiger partial charge in [-0.15, -0.1) is 0 Å². The van der Waals surface area contributed by atoms with E-state index in [9.17, 15) is 14.7 Å². The molecule has 2 aromatic rings. The van der Waals surface area contributed by atoms with Crippen LogP contribution in [0.2, 0.25) is 0 Å². The molecule has 0 spiro atoms. The Bertz CT molecular complexity index is 1340. The molecule has 0 unspecified atom stereocenters. The lowest BCUT2D eigenvalue weighted by Crippen LogP contribution is -2.44. The van der Waals surface area contributed by atoms with E-state index >= 15 is 0 Å². The van der Waals surface area contributed by atoms with Crippen LogP contribution in [0, 0.1) is 0 Å². The van der Waals surface area contributed by atoms with Gasteiger partial charge in [0.25, 0.3) is 0 Å². The Kier molecular flexibility index (Phi) is 7.54. The number of pyridine rings is 1. The molecule has 2 aliphatic heterocycles. The van der Waals surface area contributed by atoms with E-state index in [0.717, 1.165) is 53.4 Å². The van der Waals surface area contributed by atoms with E-state index < -0.39 is 11.4 Å². The number of nitrogens with zero attached hydrogens (tertiary/aromatic N) is 4. The molecule has 5 rings (SSSR count). The van der Waals surface area contributed by atoms with Crippen molar-refractivity contribution in [3.05, 3.63) is 57.5 Å². The molecule has 0 atom stereocenters. The fourth-order valence-corrected chi connectivity index (χ4v) is 6.23. The number of nitrogens with two attached hydrogens (primary N) is 1. The first-order valence-corrected chi connectivity index (χ1v) is 14.0. The largest absolute Gasteiger partial charge is 0.496 e. The maximum atomic E-state index is 12.6. The summed E-state index contributed by atoms with van der Waals surface area (Å²) in [5.74, 6) is -0.626. The minimum absolute atomic E-state index is 0.0617. The van der Waals surface area contributed by atoms with Crippen LogP contribution in [0.3, 0.4) is 0 Å². The number of hydrogen-bond acceptors (Lipinski definition) is 8. The van der Waals surface area contributed by atoms with E-state index in [1.165, 1.54) is 25.1 Å². The van der Waals surface area contributed by atoms with E-state index in [1.54, 1.807) is 18.0 Å². The molecular weight excluding hydrogens is 502 g/mol. The lowest BCUT2D eigenvalue weighted by molar-refractivity contribution is 0.0694. The number of piperidine rings is 1. The van der Waals surface area contributed by atoms with Crippen molar-refractivity contribution in [3.63, 3.8) is 0 Å². The van der Waals surface area contributed by atoms with Crippen molar-refractivity contribution in [2.24, 2.45) is 10.7 Å². The van der Waals surface area contributed by atoms with Crippen LogP contribution in [-0.2, 0) is 6.54 Å². The van der Waals surface area contributed by atoms with E-state index in [4.69, 9.17) is 15.5 Å². The van der Waals surface area contributed by atoms with Gasteiger partial charge in [0.05, 0.1) is 25.4 Å². The van der Waals surface area contributed by atoms with Crippen molar-refractivity contribution in [1.82, 2.24) is 8.98 Å². The molecule has 202 valence electrons. The summed E-state index contributed by atoms with van der Waals surface area (Å²) in [5.41, 5.74) is 9.36. The molecule has 0 amide bonds. The summed E-state index contributed by atoms with van der Waals surface area (Å²) in [5, 5.41) is 12.4. The van der Waals surface area contributed by atoms with Crippen molar-refractivity contribution < 1.29 is 14.6 Å². The van der Waals surface area contributed by atoms with Gasteiger partial charge in [0.1, 0.15) is 11.3 Å². The van der Waals surface area contributed by atoms with Crippen molar-refractivity contribution in [1.29, 1.82) is 0 Å². The molecule has 1 saturated heterocycles. The lowest BCUT2D eigenvalue weighted by Gasteiger charge is -2.38. The summed E-state index contributed by atoms with van der Waals surface area (Å²) >= 11 is 2.01. The van der Waals surface area contributed by atoms with Crippen LogP contribution in [0.1, 0.15) is 61.0 Å². The highest BCUT2D eigenvalue weighted by Gasteiger charge is 2.29. The van der Waals surface area contributed by atoms with Crippen molar-refractivity contribution >= 4 is 29.7 Å². The summed E-state index contributed by atoms with van der Waals surface area (Å²) in [6.07, 6.45) is 9.58. The molecule has 3 heterocycles. The van der Waals surface area contributed by atoms with Gasteiger partial charge >= 0.3 is 5.97 Å². The van der Waals surface area contributed by atoms with Crippen LogP contribution in [0.25, 0.3) is 16.8 Å². The average molecular weight is 538 g/mol. The van der Waals surface area contributed by atoms with Gasteiger partial charge in [0.2, 0.25) is 0 Å². The number of carboxylic acid groups (broad SMARTS) is 1. The Morgan fingerprint density at radius 2 is 1.92 bits per heavy atom. The molecule has 3 N–H and O–H groups in total. The van der Waals surface area contributed by atoms with E-state index in [1.807, 2.05) is 49.2 Å². The number of aliphatic imine (C=N–C) groups is 1. The Hall–Kier alpha value is -3.24. The zero-order chi connectivity index (χ0) is 27.0. The molecule has 0 radical (unpaired) electrons. The van der Waals surface area contributed by atoms with Gasteiger partial charge in [-0.3, -0.25) is 18.8 Å². The fraction of sp³-hybridized carbons (Fsp3) is 0.464. The van der Waals surface area contributed by atoms with E-state index in [2.05, 4.69) is 4.31 Å². The number of carboxylic acids is 1. The number of aromatic carboxylic acids is 1. The molecule has 10 heteroatoms. The number of fused-ring (bicyclic) bond motifs is 3. The first kappa shape index (κ1) is 26.4. The SMILES string of the molecule is COc1cc2c(cc1C(C=NC1CCN(SC3CC3)CC1)=CN)CN(C(C)C)n1cc(C(=O)O)c(=O)cc1-2. The van der Waals surface area contributed by atoms with Gasteiger partial charge in [0, 0.05) is 65.8 Å². The summed E-state index contributed by atoms with van der Waals surface area (Å²) in [7, 11) is 1.60. The van der Waals surface area contributed by atoms with Crippen molar-refractivity contribution in [2.75, 3.05) is 25.2 Å². The number of aromatic nitrogens is 1. The molecular formula is C28H35N5O4S. The second kappa shape index (κ2) is 10.9. The second-order valence-electron chi connectivity index (χ2n) is 10.4. The topological polar surface area (TPSA) is 113 Å². The number of carbonyl (C=O) groups is 1. The van der Waals surface area contributed by atoms with Gasteiger partial charge in [-0.2, -0.15) is 0 Å². The van der Waals surface area contributed by atoms with Gasteiger partial charge in [-0.05, 0) is 57.2 Å². The number of rotatable bonds is 8. The van der Waals surface area contributed by atoms with Crippen LogP contribution < -0.4 is 20.9 Å². The minimum atomic E-state index is -1.24. The Balaban J connectivity index is 1.45. The number of hydrogen-bond donors (Lipinski definition) is 2. The molecule has 3 aliphatic rings. The first-order valence-electron chi connectivity index (χ1n) is 13.1.